The zero-order valence-corrected chi connectivity index (χ0v) is 10.7. The van der Waals surface area contributed by atoms with E-state index in [0.717, 1.165) is 25.7 Å². The van der Waals surface area contributed by atoms with Crippen molar-refractivity contribution in [2.24, 2.45) is 0 Å². The Morgan fingerprint density at radius 1 is 1.11 bits per heavy atom. The van der Waals surface area contributed by atoms with Crippen molar-refractivity contribution in [3.05, 3.63) is 35.9 Å². The van der Waals surface area contributed by atoms with Crippen molar-refractivity contribution in [2.75, 3.05) is 0 Å². The Morgan fingerprint density at radius 3 is 2.44 bits per heavy atom. The second kappa shape index (κ2) is 6.01. The number of carbonyl (C=O) groups is 2. The standard InChI is InChI=1S/C14H15ClO3/c15-11-8-4-5-9-12(11)18-14(17)13(16)10-6-2-1-3-7-10/h1-3,6-7,11-12H,4-5,8-9H2/t11-,12+/m0/s1. The first-order valence-electron chi connectivity index (χ1n) is 6.13. The number of hydrogen-bond donors (Lipinski definition) is 0. The molecule has 0 aromatic heterocycles. The van der Waals surface area contributed by atoms with Gasteiger partial charge in [0.2, 0.25) is 0 Å². The summed E-state index contributed by atoms with van der Waals surface area (Å²) in [5, 5.41) is -0.175. The monoisotopic (exact) mass is 266 g/mol. The minimum Gasteiger partial charge on any atom is -0.455 e. The lowest BCUT2D eigenvalue weighted by molar-refractivity contribution is -0.144. The Balaban J connectivity index is 1.97. The maximum atomic E-state index is 11.8. The zero-order valence-electron chi connectivity index (χ0n) is 9.97. The Morgan fingerprint density at radius 2 is 1.78 bits per heavy atom. The highest BCUT2D eigenvalue weighted by molar-refractivity contribution is 6.40. The Bertz CT molecular complexity index is 430. The van der Waals surface area contributed by atoms with Gasteiger partial charge in [-0.05, 0) is 19.3 Å². The van der Waals surface area contributed by atoms with Crippen molar-refractivity contribution in [3.63, 3.8) is 0 Å². The molecule has 2 atom stereocenters. The van der Waals surface area contributed by atoms with E-state index in [2.05, 4.69) is 0 Å². The van der Waals surface area contributed by atoms with Gasteiger partial charge in [-0.15, -0.1) is 11.6 Å². The minimum absolute atomic E-state index is 0.175. The number of alkyl halides is 1. The predicted molar refractivity (Wildman–Crippen MR) is 68.8 cm³/mol. The predicted octanol–water partition coefficient (Wildman–Crippen LogP) is 2.96. The summed E-state index contributed by atoms with van der Waals surface area (Å²) < 4.78 is 5.20. The molecule has 1 aromatic carbocycles. The first-order valence-corrected chi connectivity index (χ1v) is 6.56. The fraction of sp³-hybridized carbons (Fsp3) is 0.429. The Kier molecular flexibility index (Phi) is 4.37. The van der Waals surface area contributed by atoms with Gasteiger partial charge in [0.15, 0.2) is 0 Å². The van der Waals surface area contributed by atoms with Gasteiger partial charge in [0.1, 0.15) is 6.10 Å². The van der Waals surface area contributed by atoms with Crippen LogP contribution >= 0.6 is 11.6 Å². The lowest BCUT2D eigenvalue weighted by Gasteiger charge is -2.26. The normalized spacial score (nSPS) is 23.4. The van der Waals surface area contributed by atoms with E-state index in [1.165, 1.54) is 0 Å². The molecular weight excluding hydrogens is 252 g/mol. The molecule has 3 nitrogen and oxygen atoms in total. The average Bonchev–Trinajstić information content (AvgIpc) is 2.41. The van der Waals surface area contributed by atoms with Crippen LogP contribution in [0.3, 0.4) is 0 Å². The van der Waals surface area contributed by atoms with Crippen molar-refractivity contribution in [3.8, 4) is 0 Å². The lowest BCUT2D eigenvalue weighted by atomic mass is 9.97. The molecule has 96 valence electrons. The first kappa shape index (κ1) is 13.1. The summed E-state index contributed by atoms with van der Waals surface area (Å²) in [6.45, 7) is 0. The molecule has 0 heterocycles. The van der Waals surface area contributed by atoms with Crippen LogP contribution in [0.4, 0.5) is 0 Å². The molecule has 1 aliphatic rings. The topological polar surface area (TPSA) is 43.4 Å². The number of Topliss-reactive ketones (excluding diaryl/α,β-unsaturated/α-hetero) is 1. The molecule has 1 aliphatic carbocycles. The van der Waals surface area contributed by atoms with E-state index in [0.29, 0.717) is 5.56 Å². The van der Waals surface area contributed by atoms with Crippen LogP contribution in [0, 0.1) is 0 Å². The number of ketones is 1. The van der Waals surface area contributed by atoms with Gasteiger partial charge in [-0.1, -0.05) is 36.8 Å². The molecule has 0 amide bonds. The second-order valence-electron chi connectivity index (χ2n) is 4.44. The van der Waals surface area contributed by atoms with E-state index in [1.807, 2.05) is 0 Å². The summed E-state index contributed by atoms with van der Waals surface area (Å²) in [5.41, 5.74) is 0.351. The Hall–Kier alpha value is -1.35. The van der Waals surface area contributed by atoms with Crippen LogP contribution in [-0.2, 0) is 9.53 Å². The van der Waals surface area contributed by atoms with Crippen molar-refractivity contribution in [1.29, 1.82) is 0 Å². The van der Waals surface area contributed by atoms with Crippen LogP contribution in [0.15, 0.2) is 30.3 Å². The molecule has 2 rings (SSSR count). The molecule has 1 aromatic rings. The van der Waals surface area contributed by atoms with Gasteiger partial charge in [-0.3, -0.25) is 4.79 Å². The molecule has 1 fully saturated rings. The molecule has 0 radical (unpaired) electrons. The van der Waals surface area contributed by atoms with E-state index in [1.54, 1.807) is 30.3 Å². The van der Waals surface area contributed by atoms with Gasteiger partial charge in [0.25, 0.3) is 5.78 Å². The summed E-state index contributed by atoms with van der Waals surface area (Å²) in [6, 6.07) is 8.42. The minimum atomic E-state index is -0.807. The molecular formula is C14H15ClO3. The second-order valence-corrected chi connectivity index (χ2v) is 5.00. The third kappa shape index (κ3) is 3.10. The van der Waals surface area contributed by atoms with E-state index in [9.17, 15) is 9.59 Å². The third-order valence-electron chi connectivity index (χ3n) is 3.10. The highest BCUT2D eigenvalue weighted by Crippen LogP contribution is 2.25. The maximum absolute atomic E-state index is 11.8. The summed E-state index contributed by atoms with van der Waals surface area (Å²) >= 11 is 6.09. The van der Waals surface area contributed by atoms with Crippen molar-refractivity contribution in [1.82, 2.24) is 0 Å². The first-order chi connectivity index (χ1) is 8.68. The molecule has 4 heteroatoms. The quantitative estimate of drug-likeness (QED) is 0.366. The van der Waals surface area contributed by atoms with E-state index in [-0.39, 0.29) is 11.5 Å². The van der Waals surface area contributed by atoms with E-state index in [4.69, 9.17) is 16.3 Å². The Labute approximate surface area is 111 Å². The van der Waals surface area contributed by atoms with Crippen molar-refractivity contribution in [2.45, 2.75) is 37.2 Å². The highest BCUT2D eigenvalue weighted by atomic mass is 35.5. The van der Waals surface area contributed by atoms with Gasteiger partial charge in [0, 0.05) is 5.56 Å². The highest BCUT2D eigenvalue weighted by Gasteiger charge is 2.29. The van der Waals surface area contributed by atoms with Crippen LogP contribution in [0.1, 0.15) is 36.0 Å². The number of benzene rings is 1. The van der Waals surface area contributed by atoms with Gasteiger partial charge in [-0.25, -0.2) is 4.79 Å². The number of halogens is 1. The van der Waals surface area contributed by atoms with Crippen molar-refractivity contribution < 1.29 is 14.3 Å². The number of carbonyl (C=O) groups excluding carboxylic acids is 2. The van der Waals surface area contributed by atoms with Crippen LogP contribution in [0.2, 0.25) is 0 Å². The maximum Gasteiger partial charge on any atom is 0.379 e. The zero-order chi connectivity index (χ0) is 13.0. The van der Waals surface area contributed by atoms with E-state index >= 15 is 0 Å². The summed E-state index contributed by atoms with van der Waals surface area (Å²) in [4.78, 5) is 23.5. The van der Waals surface area contributed by atoms with Crippen LogP contribution in [-0.4, -0.2) is 23.2 Å². The average molecular weight is 267 g/mol. The molecule has 0 saturated heterocycles. The molecule has 0 N–H and O–H groups in total. The van der Waals surface area contributed by atoms with Gasteiger partial charge >= 0.3 is 5.97 Å². The largest absolute Gasteiger partial charge is 0.455 e. The molecule has 0 unspecified atom stereocenters. The summed E-state index contributed by atoms with van der Waals surface area (Å²) in [5.74, 6) is -1.41. The van der Waals surface area contributed by atoms with Crippen LogP contribution in [0.25, 0.3) is 0 Å². The van der Waals surface area contributed by atoms with E-state index < -0.39 is 11.8 Å². The molecule has 0 spiro atoms. The van der Waals surface area contributed by atoms with Crippen molar-refractivity contribution >= 4 is 23.4 Å². The molecule has 1 saturated carbocycles. The van der Waals surface area contributed by atoms with Crippen LogP contribution < -0.4 is 0 Å². The number of hydrogen-bond acceptors (Lipinski definition) is 3. The fourth-order valence-corrected chi connectivity index (χ4v) is 2.41. The third-order valence-corrected chi connectivity index (χ3v) is 3.60. The van der Waals surface area contributed by atoms with Crippen LogP contribution in [0.5, 0.6) is 0 Å². The SMILES string of the molecule is O=C(O[C@@H]1CCCC[C@@H]1Cl)C(=O)c1ccccc1. The van der Waals surface area contributed by atoms with Gasteiger partial charge in [0.05, 0.1) is 5.38 Å². The molecule has 0 aliphatic heterocycles. The number of esters is 1. The molecule has 0 bridgehead atoms. The smallest absolute Gasteiger partial charge is 0.379 e. The number of ether oxygens (including phenoxy) is 1. The number of rotatable bonds is 3. The van der Waals surface area contributed by atoms with Gasteiger partial charge < -0.3 is 4.74 Å². The summed E-state index contributed by atoms with van der Waals surface area (Å²) in [7, 11) is 0. The summed E-state index contributed by atoms with van der Waals surface area (Å²) in [6.07, 6.45) is 3.27. The van der Waals surface area contributed by atoms with Gasteiger partial charge in [-0.2, -0.15) is 0 Å². The lowest BCUT2D eigenvalue weighted by Crippen LogP contribution is -2.33. The fourth-order valence-electron chi connectivity index (χ4n) is 2.08. The molecule has 18 heavy (non-hydrogen) atoms.